The zero-order valence-electron chi connectivity index (χ0n) is 15.0. The van der Waals surface area contributed by atoms with Crippen LogP contribution in [0.1, 0.15) is 18.4 Å². The number of ether oxygens (including phenoxy) is 1. The molecule has 27 heavy (non-hydrogen) atoms. The van der Waals surface area contributed by atoms with Crippen LogP contribution in [0.3, 0.4) is 0 Å². The topological polar surface area (TPSA) is 42.4 Å². The molecule has 2 aromatic carbocycles. The van der Waals surface area contributed by atoms with Crippen LogP contribution >= 0.6 is 23.1 Å². The number of benzene rings is 2. The average molecular weight is 399 g/mol. The summed E-state index contributed by atoms with van der Waals surface area (Å²) < 4.78 is 6.89. The third-order valence-corrected chi connectivity index (χ3v) is 6.61. The Balaban J connectivity index is 1.47. The average Bonchev–Trinajstić information content (AvgIpc) is 3.36. The van der Waals surface area contributed by atoms with E-state index in [0.717, 1.165) is 40.5 Å². The van der Waals surface area contributed by atoms with Crippen LogP contribution in [0.4, 0.5) is 5.13 Å². The Morgan fingerprint density at radius 3 is 2.78 bits per heavy atom. The number of carbonyl (C=O) groups is 1. The summed E-state index contributed by atoms with van der Waals surface area (Å²) in [6, 6.07) is 18.3. The molecule has 1 atom stereocenters. The SMILES string of the molecule is O=C(CSCc1ccccc1)N(CC1CCCO1)c1nc2ccccc2s1. The maximum Gasteiger partial charge on any atom is 0.238 e. The van der Waals surface area contributed by atoms with E-state index < -0.39 is 0 Å². The predicted octanol–water partition coefficient (Wildman–Crippen LogP) is 4.74. The fourth-order valence-electron chi connectivity index (χ4n) is 3.16. The first kappa shape index (κ1) is 18.5. The van der Waals surface area contributed by atoms with Gasteiger partial charge in [-0.1, -0.05) is 53.8 Å². The van der Waals surface area contributed by atoms with Crippen molar-refractivity contribution in [3.63, 3.8) is 0 Å². The van der Waals surface area contributed by atoms with Gasteiger partial charge in [0.05, 0.1) is 28.6 Å². The van der Waals surface area contributed by atoms with Crippen molar-refractivity contribution in [2.24, 2.45) is 0 Å². The molecule has 140 valence electrons. The van der Waals surface area contributed by atoms with Crippen molar-refractivity contribution < 1.29 is 9.53 Å². The summed E-state index contributed by atoms with van der Waals surface area (Å²) in [5.41, 5.74) is 2.18. The molecule has 1 unspecified atom stereocenters. The van der Waals surface area contributed by atoms with Crippen LogP contribution in [0, 0.1) is 0 Å². The molecule has 1 saturated heterocycles. The first-order valence-corrected chi connectivity index (χ1v) is 11.2. The van der Waals surface area contributed by atoms with E-state index in [1.807, 2.05) is 41.3 Å². The number of nitrogens with zero attached hydrogens (tertiary/aromatic N) is 2. The first-order valence-electron chi connectivity index (χ1n) is 9.19. The minimum Gasteiger partial charge on any atom is -0.376 e. The number of aromatic nitrogens is 1. The lowest BCUT2D eigenvalue weighted by molar-refractivity contribution is -0.116. The minimum absolute atomic E-state index is 0.102. The summed E-state index contributed by atoms with van der Waals surface area (Å²) in [5, 5.41) is 0.775. The lowest BCUT2D eigenvalue weighted by Gasteiger charge is -2.23. The second kappa shape index (κ2) is 8.87. The van der Waals surface area contributed by atoms with Gasteiger partial charge in [0.2, 0.25) is 5.91 Å². The molecule has 3 aromatic rings. The van der Waals surface area contributed by atoms with Gasteiger partial charge in [0.1, 0.15) is 0 Å². The predicted molar refractivity (Wildman–Crippen MR) is 114 cm³/mol. The molecule has 6 heteroatoms. The third-order valence-electron chi connectivity index (χ3n) is 4.56. The van der Waals surface area contributed by atoms with Gasteiger partial charge in [-0.15, -0.1) is 11.8 Å². The van der Waals surface area contributed by atoms with Crippen molar-refractivity contribution in [1.29, 1.82) is 0 Å². The monoisotopic (exact) mass is 398 g/mol. The Morgan fingerprint density at radius 2 is 2.00 bits per heavy atom. The molecule has 2 heterocycles. The number of thiazole rings is 1. The molecule has 0 bridgehead atoms. The normalized spacial score (nSPS) is 16.7. The van der Waals surface area contributed by atoms with Gasteiger partial charge in [-0.3, -0.25) is 9.69 Å². The molecule has 4 nitrogen and oxygen atoms in total. The van der Waals surface area contributed by atoms with Crippen molar-refractivity contribution >= 4 is 44.4 Å². The Labute approximate surface area is 167 Å². The van der Waals surface area contributed by atoms with Crippen LogP contribution in [0.2, 0.25) is 0 Å². The zero-order chi connectivity index (χ0) is 18.5. The maximum absolute atomic E-state index is 13.0. The molecule has 0 aliphatic carbocycles. The largest absolute Gasteiger partial charge is 0.376 e. The summed E-state index contributed by atoms with van der Waals surface area (Å²) in [6.07, 6.45) is 2.18. The summed E-state index contributed by atoms with van der Waals surface area (Å²) >= 11 is 3.22. The van der Waals surface area contributed by atoms with Gasteiger partial charge in [0.15, 0.2) is 5.13 Å². The second-order valence-corrected chi connectivity index (χ2v) is 8.58. The Morgan fingerprint density at radius 1 is 1.19 bits per heavy atom. The highest BCUT2D eigenvalue weighted by Gasteiger charge is 2.26. The molecule has 0 saturated carbocycles. The molecule has 1 aromatic heterocycles. The van der Waals surface area contributed by atoms with E-state index in [2.05, 4.69) is 18.2 Å². The first-order chi connectivity index (χ1) is 13.3. The van der Waals surface area contributed by atoms with Gasteiger partial charge in [-0.2, -0.15) is 0 Å². The smallest absolute Gasteiger partial charge is 0.238 e. The van der Waals surface area contributed by atoms with Crippen molar-refractivity contribution in [3.05, 3.63) is 60.2 Å². The number of thioether (sulfide) groups is 1. The highest BCUT2D eigenvalue weighted by Crippen LogP contribution is 2.30. The molecule has 1 aliphatic heterocycles. The quantitative estimate of drug-likeness (QED) is 0.576. The standard InChI is InChI=1S/C21H22N2O2S2/c24-20(15-26-14-16-7-2-1-3-8-16)23(13-17-9-6-12-25-17)21-22-18-10-4-5-11-19(18)27-21/h1-5,7-8,10-11,17H,6,9,12-15H2. The van der Waals surface area contributed by atoms with Gasteiger partial charge in [0, 0.05) is 12.4 Å². The highest BCUT2D eigenvalue weighted by molar-refractivity contribution is 7.99. The number of anilines is 1. The van der Waals surface area contributed by atoms with E-state index in [-0.39, 0.29) is 12.0 Å². The lowest BCUT2D eigenvalue weighted by atomic mass is 10.2. The van der Waals surface area contributed by atoms with Crippen molar-refractivity contribution in [2.75, 3.05) is 23.8 Å². The van der Waals surface area contributed by atoms with Crippen molar-refractivity contribution in [1.82, 2.24) is 4.98 Å². The number of amides is 1. The van der Waals surface area contributed by atoms with Crippen molar-refractivity contribution in [2.45, 2.75) is 24.7 Å². The van der Waals surface area contributed by atoms with Crippen molar-refractivity contribution in [3.8, 4) is 0 Å². The second-order valence-electron chi connectivity index (χ2n) is 6.58. The van der Waals surface area contributed by atoms with Gasteiger partial charge < -0.3 is 4.74 Å². The van der Waals surface area contributed by atoms with Gasteiger partial charge in [-0.05, 0) is 30.5 Å². The van der Waals surface area contributed by atoms with E-state index in [9.17, 15) is 4.79 Å². The van der Waals surface area contributed by atoms with Gasteiger partial charge in [0.25, 0.3) is 0 Å². The van der Waals surface area contributed by atoms with Gasteiger partial charge in [-0.25, -0.2) is 4.98 Å². The van der Waals surface area contributed by atoms with E-state index in [0.29, 0.717) is 12.3 Å². The number of para-hydroxylation sites is 1. The molecule has 4 rings (SSSR count). The molecule has 1 fully saturated rings. The molecule has 0 radical (unpaired) electrons. The molecule has 1 aliphatic rings. The molecule has 1 amide bonds. The fraction of sp³-hybridized carbons (Fsp3) is 0.333. The van der Waals surface area contributed by atoms with Crippen LogP contribution in [0.25, 0.3) is 10.2 Å². The van der Waals surface area contributed by atoms with Crippen LogP contribution in [0.5, 0.6) is 0 Å². The number of fused-ring (bicyclic) bond motifs is 1. The van der Waals surface area contributed by atoms with Crippen LogP contribution in [-0.2, 0) is 15.3 Å². The number of rotatable bonds is 7. The number of hydrogen-bond acceptors (Lipinski definition) is 5. The lowest BCUT2D eigenvalue weighted by Crippen LogP contribution is -2.38. The van der Waals surface area contributed by atoms with E-state index in [1.54, 1.807) is 23.1 Å². The third kappa shape index (κ3) is 4.69. The Kier molecular flexibility index (Phi) is 6.07. The number of hydrogen-bond donors (Lipinski definition) is 0. The summed E-state index contributed by atoms with van der Waals surface area (Å²) in [5.74, 6) is 1.38. The highest BCUT2D eigenvalue weighted by atomic mass is 32.2. The van der Waals surface area contributed by atoms with E-state index in [1.165, 1.54) is 5.56 Å². The minimum atomic E-state index is 0.102. The Hall–Kier alpha value is -1.89. The summed E-state index contributed by atoms with van der Waals surface area (Å²) in [7, 11) is 0. The van der Waals surface area contributed by atoms with E-state index >= 15 is 0 Å². The summed E-state index contributed by atoms with van der Waals surface area (Å²) in [4.78, 5) is 19.5. The van der Waals surface area contributed by atoms with E-state index in [4.69, 9.17) is 9.72 Å². The summed E-state index contributed by atoms with van der Waals surface area (Å²) in [6.45, 7) is 1.37. The molecular weight excluding hydrogens is 376 g/mol. The molecular formula is C21H22N2O2S2. The zero-order valence-corrected chi connectivity index (χ0v) is 16.7. The fourth-order valence-corrected chi connectivity index (χ4v) is 5.02. The van der Waals surface area contributed by atoms with Crippen LogP contribution in [-0.4, -0.2) is 35.9 Å². The maximum atomic E-state index is 13.0. The molecule has 0 N–H and O–H groups in total. The van der Waals surface area contributed by atoms with Gasteiger partial charge >= 0.3 is 0 Å². The molecule has 0 spiro atoms. The van der Waals surface area contributed by atoms with Crippen LogP contribution in [0.15, 0.2) is 54.6 Å². The Bertz CT molecular complexity index is 858. The number of carbonyl (C=O) groups excluding carboxylic acids is 1. The van der Waals surface area contributed by atoms with Crippen LogP contribution < -0.4 is 4.90 Å².